The third-order valence-corrected chi connectivity index (χ3v) is 6.21. The molecule has 0 atom stereocenters. The van der Waals surface area contributed by atoms with Crippen molar-refractivity contribution in [2.45, 2.75) is 13.5 Å². The van der Waals surface area contributed by atoms with E-state index in [0.29, 0.717) is 35.0 Å². The molecule has 5 aromatic carbocycles. The summed E-state index contributed by atoms with van der Waals surface area (Å²) in [5.41, 5.74) is 5.52. The van der Waals surface area contributed by atoms with Crippen LogP contribution in [0.15, 0.2) is 120 Å². The second-order valence-electron chi connectivity index (χ2n) is 9.29. The highest BCUT2D eigenvalue weighted by molar-refractivity contribution is 6.04. The number of amides is 1. The molecule has 0 saturated heterocycles. The average molecular weight is 545 g/mol. The van der Waals surface area contributed by atoms with Crippen LogP contribution in [0, 0.1) is 6.92 Å². The molecule has 1 amide bonds. The Balaban J connectivity index is 1.20. The predicted molar refractivity (Wildman–Crippen MR) is 159 cm³/mol. The van der Waals surface area contributed by atoms with Gasteiger partial charge in [0, 0.05) is 5.56 Å². The minimum atomic E-state index is -0.479. The molecule has 0 aromatic heterocycles. The van der Waals surface area contributed by atoms with Crippen molar-refractivity contribution >= 4 is 28.9 Å². The molecule has 7 heteroatoms. The zero-order valence-corrected chi connectivity index (χ0v) is 22.4. The average Bonchev–Trinajstić information content (AvgIpc) is 3.01. The zero-order chi connectivity index (χ0) is 28.4. The van der Waals surface area contributed by atoms with Crippen molar-refractivity contribution in [1.82, 2.24) is 5.43 Å². The highest BCUT2D eigenvalue weighted by Gasteiger charge is 2.14. The smallest absolute Gasteiger partial charge is 0.343 e. The lowest BCUT2D eigenvalue weighted by molar-refractivity contribution is -0.123. The number of ether oxygens (including phenoxy) is 3. The van der Waals surface area contributed by atoms with Crippen LogP contribution in [-0.2, 0) is 11.4 Å². The molecule has 0 saturated carbocycles. The fourth-order valence-electron chi connectivity index (χ4n) is 4.15. The number of rotatable bonds is 10. The van der Waals surface area contributed by atoms with Gasteiger partial charge in [0.05, 0.1) is 11.8 Å². The summed E-state index contributed by atoms with van der Waals surface area (Å²) < 4.78 is 17.1. The van der Waals surface area contributed by atoms with Crippen molar-refractivity contribution in [2.75, 3.05) is 6.61 Å². The van der Waals surface area contributed by atoms with Crippen LogP contribution in [0.25, 0.3) is 10.8 Å². The molecular weight excluding hydrogens is 516 g/mol. The second-order valence-corrected chi connectivity index (χ2v) is 9.29. The Morgan fingerprint density at radius 2 is 1.51 bits per heavy atom. The van der Waals surface area contributed by atoms with E-state index < -0.39 is 11.9 Å². The summed E-state index contributed by atoms with van der Waals surface area (Å²) in [5, 5.41) is 5.87. The fourth-order valence-corrected chi connectivity index (χ4v) is 4.15. The number of nitrogens with one attached hydrogen (secondary N) is 1. The SMILES string of the molecule is Cc1cccc(C(=O)Oc2ccc3ccccc3c2/C=N/NC(=O)COc2ccc(OCc3ccccc3)cc2)c1. The molecule has 41 heavy (non-hydrogen) atoms. The van der Waals surface area contributed by atoms with Gasteiger partial charge in [0.25, 0.3) is 5.91 Å². The van der Waals surface area contributed by atoms with E-state index in [1.54, 1.807) is 48.5 Å². The Morgan fingerprint density at radius 3 is 2.29 bits per heavy atom. The van der Waals surface area contributed by atoms with Gasteiger partial charge in [-0.15, -0.1) is 0 Å². The number of hydrogen-bond acceptors (Lipinski definition) is 6. The molecule has 0 aliphatic carbocycles. The van der Waals surface area contributed by atoms with Crippen LogP contribution in [-0.4, -0.2) is 24.7 Å². The Morgan fingerprint density at radius 1 is 0.780 bits per heavy atom. The van der Waals surface area contributed by atoms with Gasteiger partial charge in [0.1, 0.15) is 23.9 Å². The third kappa shape index (κ3) is 7.36. The molecule has 0 aliphatic rings. The topological polar surface area (TPSA) is 86.2 Å². The van der Waals surface area contributed by atoms with Crippen molar-refractivity contribution in [3.63, 3.8) is 0 Å². The van der Waals surface area contributed by atoms with Crippen LogP contribution in [0.5, 0.6) is 17.2 Å². The van der Waals surface area contributed by atoms with Crippen molar-refractivity contribution in [3.05, 3.63) is 138 Å². The van der Waals surface area contributed by atoms with Gasteiger partial charge in [-0.25, -0.2) is 10.2 Å². The minimum Gasteiger partial charge on any atom is -0.489 e. The van der Waals surface area contributed by atoms with Crippen LogP contribution in [0.4, 0.5) is 0 Å². The molecule has 0 spiro atoms. The number of carbonyl (C=O) groups excluding carboxylic acids is 2. The van der Waals surface area contributed by atoms with E-state index in [0.717, 1.165) is 21.9 Å². The summed E-state index contributed by atoms with van der Waals surface area (Å²) in [6.45, 7) is 2.14. The van der Waals surface area contributed by atoms with Gasteiger partial charge in [-0.05, 0) is 65.7 Å². The Kier molecular flexibility index (Phi) is 8.66. The Hall–Kier alpha value is -5.43. The second kappa shape index (κ2) is 13.1. The van der Waals surface area contributed by atoms with Gasteiger partial charge in [-0.1, -0.05) is 78.4 Å². The molecule has 0 fully saturated rings. The van der Waals surface area contributed by atoms with Crippen LogP contribution >= 0.6 is 0 Å². The summed E-state index contributed by atoms with van der Waals surface area (Å²) >= 11 is 0. The summed E-state index contributed by atoms with van der Waals surface area (Å²) in [4.78, 5) is 25.2. The third-order valence-electron chi connectivity index (χ3n) is 6.21. The molecule has 0 unspecified atom stereocenters. The van der Waals surface area contributed by atoms with Crippen molar-refractivity contribution in [2.24, 2.45) is 5.10 Å². The van der Waals surface area contributed by atoms with E-state index in [1.807, 2.05) is 73.7 Å². The molecule has 7 nitrogen and oxygen atoms in total. The lowest BCUT2D eigenvalue weighted by Gasteiger charge is -2.11. The Bertz CT molecular complexity index is 1680. The fraction of sp³-hybridized carbons (Fsp3) is 0.0882. The van der Waals surface area contributed by atoms with E-state index in [-0.39, 0.29) is 6.61 Å². The number of benzene rings is 5. The van der Waals surface area contributed by atoms with Gasteiger partial charge >= 0.3 is 5.97 Å². The minimum absolute atomic E-state index is 0.230. The van der Waals surface area contributed by atoms with E-state index in [9.17, 15) is 9.59 Å². The van der Waals surface area contributed by atoms with Crippen molar-refractivity contribution in [3.8, 4) is 17.2 Å². The molecule has 5 rings (SSSR count). The van der Waals surface area contributed by atoms with E-state index in [2.05, 4.69) is 10.5 Å². The summed E-state index contributed by atoms with van der Waals surface area (Å²) in [6.07, 6.45) is 1.47. The first-order chi connectivity index (χ1) is 20.0. The zero-order valence-electron chi connectivity index (χ0n) is 22.4. The molecular formula is C34H28N2O5. The number of esters is 1. The number of nitrogens with zero attached hydrogens (tertiary/aromatic N) is 1. The van der Waals surface area contributed by atoms with Gasteiger partial charge in [0.2, 0.25) is 0 Å². The predicted octanol–water partition coefficient (Wildman–Crippen LogP) is 6.48. The number of carbonyl (C=O) groups is 2. The van der Waals surface area contributed by atoms with Crippen LogP contribution in [0.2, 0.25) is 0 Å². The van der Waals surface area contributed by atoms with Gasteiger partial charge < -0.3 is 14.2 Å². The molecule has 0 bridgehead atoms. The first-order valence-electron chi connectivity index (χ1n) is 13.1. The maximum Gasteiger partial charge on any atom is 0.343 e. The summed E-state index contributed by atoms with van der Waals surface area (Å²) in [6, 6.07) is 35.4. The summed E-state index contributed by atoms with van der Waals surface area (Å²) in [7, 11) is 0. The molecule has 204 valence electrons. The first-order valence-corrected chi connectivity index (χ1v) is 13.1. The number of fused-ring (bicyclic) bond motifs is 1. The summed E-state index contributed by atoms with van der Waals surface area (Å²) in [5.74, 6) is 0.635. The van der Waals surface area contributed by atoms with Gasteiger partial charge in [-0.3, -0.25) is 4.79 Å². The number of hydrazone groups is 1. The monoisotopic (exact) mass is 544 g/mol. The molecule has 5 aromatic rings. The quantitative estimate of drug-likeness (QED) is 0.0942. The maximum absolute atomic E-state index is 12.8. The highest BCUT2D eigenvalue weighted by Crippen LogP contribution is 2.27. The van der Waals surface area contributed by atoms with Gasteiger partial charge in [-0.2, -0.15) is 5.10 Å². The number of aryl methyl sites for hydroxylation is 1. The van der Waals surface area contributed by atoms with Gasteiger partial charge in [0.15, 0.2) is 6.61 Å². The van der Waals surface area contributed by atoms with E-state index in [1.165, 1.54) is 6.21 Å². The van der Waals surface area contributed by atoms with Crippen molar-refractivity contribution < 1.29 is 23.8 Å². The molecule has 0 aliphatic heterocycles. The maximum atomic E-state index is 12.8. The highest BCUT2D eigenvalue weighted by atomic mass is 16.5. The lowest BCUT2D eigenvalue weighted by atomic mass is 10.0. The molecule has 0 heterocycles. The standard InChI is InChI=1S/C34H28N2O5/c1-24-8-7-12-27(20-24)34(38)41-32-19-14-26-11-5-6-13-30(26)31(32)21-35-36-33(37)23-40-29-17-15-28(16-18-29)39-22-25-9-3-2-4-10-25/h2-21H,22-23H2,1H3,(H,36,37)/b35-21+. The lowest BCUT2D eigenvalue weighted by Crippen LogP contribution is -2.24. The van der Waals surface area contributed by atoms with E-state index in [4.69, 9.17) is 14.2 Å². The normalized spacial score (nSPS) is 10.9. The number of hydrogen-bond donors (Lipinski definition) is 1. The Labute approximate surface area is 238 Å². The first kappa shape index (κ1) is 27.1. The van der Waals surface area contributed by atoms with Crippen LogP contribution < -0.4 is 19.6 Å². The largest absolute Gasteiger partial charge is 0.489 e. The van der Waals surface area contributed by atoms with Crippen LogP contribution in [0.1, 0.15) is 27.0 Å². The molecule has 1 N–H and O–H groups in total. The molecule has 0 radical (unpaired) electrons. The van der Waals surface area contributed by atoms with E-state index >= 15 is 0 Å². The van der Waals surface area contributed by atoms with Crippen LogP contribution in [0.3, 0.4) is 0 Å². The van der Waals surface area contributed by atoms with Crippen molar-refractivity contribution in [1.29, 1.82) is 0 Å².